The molecule has 1 aliphatic rings. The first kappa shape index (κ1) is 22.0. The number of aryl methyl sites for hydroxylation is 3. The van der Waals surface area contributed by atoms with Gasteiger partial charge in [0.05, 0.1) is 17.1 Å². The van der Waals surface area contributed by atoms with Crippen molar-refractivity contribution < 1.29 is 24.3 Å². The second-order valence-corrected chi connectivity index (χ2v) is 7.30. The van der Waals surface area contributed by atoms with Crippen LogP contribution in [0.15, 0.2) is 32.9 Å². The van der Waals surface area contributed by atoms with Gasteiger partial charge in [0.2, 0.25) is 0 Å². The number of phenolic OH excluding ortho intramolecular Hbond substituents is 1. The number of aromatic nitrogens is 1. The minimum atomic E-state index is -0.924. The van der Waals surface area contributed by atoms with E-state index in [4.69, 9.17) is 9.63 Å². The predicted octanol–water partition coefficient (Wildman–Crippen LogP) is 2.63. The number of hydrogen-bond donors (Lipinski definition) is 3. The molecule has 0 radical (unpaired) electrons. The minimum Gasteiger partial charge on any atom is -0.505 e. The number of anilines is 1. The van der Waals surface area contributed by atoms with Crippen LogP contribution in [-0.4, -0.2) is 50.2 Å². The number of carbonyl (C=O) groups excluding carboxylic acids is 1. The lowest BCUT2D eigenvalue weighted by molar-refractivity contribution is -0.137. The van der Waals surface area contributed by atoms with Crippen LogP contribution >= 0.6 is 0 Å². The number of nitrogens with zero attached hydrogens (tertiary/aromatic N) is 4. The van der Waals surface area contributed by atoms with Crippen LogP contribution in [0, 0.1) is 13.8 Å². The van der Waals surface area contributed by atoms with Crippen LogP contribution in [0.1, 0.15) is 42.3 Å². The SMILES string of the molecule is CC1=NN(CCCC(=O)O)C(=O)/C1=N\Nc1cccc(CCc2c(C)noc2C)c1O. The van der Waals surface area contributed by atoms with E-state index < -0.39 is 11.9 Å². The van der Waals surface area contributed by atoms with E-state index in [-0.39, 0.29) is 24.4 Å². The number of hydrazone groups is 2. The summed E-state index contributed by atoms with van der Waals surface area (Å²) in [5, 5.41) is 32.8. The number of rotatable bonds is 9. The zero-order valence-corrected chi connectivity index (χ0v) is 17.7. The molecule has 0 unspecified atom stereocenters. The normalized spacial score (nSPS) is 14.9. The molecule has 1 amide bonds. The number of aliphatic carboxylic acids is 1. The summed E-state index contributed by atoms with van der Waals surface area (Å²) in [6, 6.07) is 5.28. The third-order valence-corrected chi connectivity index (χ3v) is 5.04. The monoisotopic (exact) mass is 427 g/mol. The van der Waals surface area contributed by atoms with E-state index in [0.717, 1.165) is 22.6 Å². The maximum Gasteiger partial charge on any atom is 0.303 e. The van der Waals surface area contributed by atoms with Gasteiger partial charge in [-0.25, -0.2) is 5.01 Å². The molecule has 0 aliphatic carbocycles. The highest BCUT2D eigenvalue weighted by Crippen LogP contribution is 2.29. The fourth-order valence-electron chi connectivity index (χ4n) is 3.33. The maximum absolute atomic E-state index is 12.5. The van der Waals surface area contributed by atoms with Crippen molar-refractivity contribution >= 4 is 29.0 Å². The molecule has 164 valence electrons. The fraction of sp³-hybridized carbons (Fsp3) is 0.381. The summed E-state index contributed by atoms with van der Waals surface area (Å²) in [5.74, 6) is -0.519. The number of carbonyl (C=O) groups is 2. The number of carboxylic acids is 1. The summed E-state index contributed by atoms with van der Waals surface area (Å²) in [6.45, 7) is 5.59. The van der Waals surface area contributed by atoms with Crippen LogP contribution in [-0.2, 0) is 22.4 Å². The van der Waals surface area contributed by atoms with E-state index in [1.165, 1.54) is 5.01 Å². The third kappa shape index (κ3) is 5.08. The molecule has 1 aliphatic heterocycles. The Bertz CT molecular complexity index is 1040. The number of hydrogen-bond acceptors (Lipinski definition) is 8. The van der Waals surface area contributed by atoms with Gasteiger partial charge < -0.3 is 14.7 Å². The van der Waals surface area contributed by atoms with Gasteiger partial charge in [-0.05, 0) is 51.7 Å². The highest BCUT2D eigenvalue weighted by molar-refractivity contribution is 6.68. The molecule has 2 aromatic rings. The van der Waals surface area contributed by atoms with E-state index in [0.29, 0.717) is 30.7 Å². The van der Waals surface area contributed by atoms with Gasteiger partial charge in [0.25, 0.3) is 5.91 Å². The van der Waals surface area contributed by atoms with Crippen molar-refractivity contribution in [2.45, 2.75) is 46.5 Å². The van der Waals surface area contributed by atoms with Crippen molar-refractivity contribution in [2.24, 2.45) is 10.2 Å². The van der Waals surface area contributed by atoms with Crippen molar-refractivity contribution in [3.63, 3.8) is 0 Å². The second kappa shape index (κ2) is 9.41. The van der Waals surface area contributed by atoms with E-state index >= 15 is 0 Å². The molecule has 0 bridgehead atoms. The van der Waals surface area contributed by atoms with E-state index in [1.807, 2.05) is 19.9 Å². The second-order valence-electron chi connectivity index (χ2n) is 7.30. The molecular formula is C21H25N5O5. The Morgan fingerprint density at radius 3 is 2.71 bits per heavy atom. The smallest absolute Gasteiger partial charge is 0.303 e. The summed E-state index contributed by atoms with van der Waals surface area (Å²) in [6.07, 6.45) is 1.50. The van der Waals surface area contributed by atoms with Gasteiger partial charge in [0.15, 0.2) is 5.71 Å². The highest BCUT2D eigenvalue weighted by Gasteiger charge is 2.29. The molecule has 0 fully saturated rings. The molecule has 10 nitrogen and oxygen atoms in total. The third-order valence-electron chi connectivity index (χ3n) is 5.04. The molecule has 0 spiro atoms. The first-order chi connectivity index (χ1) is 14.8. The van der Waals surface area contributed by atoms with Crippen molar-refractivity contribution in [3.05, 3.63) is 40.8 Å². The lowest BCUT2D eigenvalue weighted by atomic mass is 10.0. The molecule has 3 N–H and O–H groups in total. The molecule has 2 heterocycles. The van der Waals surface area contributed by atoms with Crippen molar-refractivity contribution in [3.8, 4) is 5.75 Å². The summed E-state index contributed by atoms with van der Waals surface area (Å²) in [5.41, 5.74) is 6.24. The van der Waals surface area contributed by atoms with Crippen LogP contribution in [0.4, 0.5) is 5.69 Å². The molecular weight excluding hydrogens is 402 g/mol. The lowest BCUT2D eigenvalue weighted by Gasteiger charge is -2.11. The number of nitrogens with one attached hydrogen (secondary N) is 1. The van der Waals surface area contributed by atoms with E-state index in [9.17, 15) is 14.7 Å². The van der Waals surface area contributed by atoms with Crippen LogP contribution < -0.4 is 5.43 Å². The van der Waals surface area contributed by atoms with Gasteiger partial charge >= 0.3 is 5.97 Å². The number of benzene rings is 1. The van der Waals surface area contributed by atoms with E-state index in [2.05, 4.69) is 20.8 Å². The number of para-hydroxylation sites is 1. The van der Waals surface area contributed by atoms with Crippen LogP contribution in [0.25, 0.3) is 0 Å². The molecule has 31 heavy (non-hydrogen) atoms. The van der Waals surface area contributed by atoms with Gasteiger partial charge in [-0.2, -0.15) is 10.2 Å². The topological polar surface area (TPSA) is 141 Å². The summed E-state index contributed by atoms with van der Waals surface area (Å²) in [7, 11) is 0. The van der Waals surface area contributed by atoms with Gasteiger partial charge in [0.1, 0.15) is 11.5 Å². The van der Waals surface area contributed by atoms with Crippen molar-refractivity contribution in [1.82, 2.24) is 10.2 Å². The Morgan fingerprint density at radius 2 is 2.03 bits per heavy atom. The zero-order valence-electron chi connectivity index (χ0n) is 17.7. The maximum atomic E-state index is 12.5. The summed E-state index contributed by atoms with van der Waals surface area (Å²) >= 11 is 0. The first-order valence-electron chi connectivity index (χ1n) is 9.93. The standard InChI is InChI=1S/C21H25N5O5/c1-12-16(14(3)31-25-12)10-9-15-6-4-7-17(20(15)29)22-23-19-13(2)24-26(21(19)30)11-5-8-18(27)28/h4,6-7,22,29H,5,8-11H2,1-3H3,(H,27,28)/b23-19-. The van der Waals surface area contributed by atoms with Gasteiger partial charge in [-0.3, -0.25) is 15.0 Å². The zero-order chi connectivity index (χ0) is 22.5. The average molecular weight is 427 g/mol. The Morgan fingerprint density at radius 1 is 1.26 bits per heavy atom. The summed E-state index contributed by atoms with van der Waals surface area (Å²) < 4.78 is 5.18. The Labute approximate surface area is 179 Å². The number of amides is 1. The van der Waals surface area contributed by atoms with Gasteiger partial charge in [-0.15, -0.1) is 0 Å². The highest BCUT2D eigenvalue weighted by atomic mass is 16.5. The Balaban J connectivity index is 1.67. The number of phenols is 1. The molecule has 1 aromatic heterocycles. The largest absolute Gasteiger partial charge is 0.505 e. The molecule has 0 atom stereocenters. The molecule has 10 heteroatoms. The lowest BCUT2D eigenvalue weighted by Crippen LogP contribution is -2.29. The predicted molar refractivity (Wildman–Crippen MR) is 114 cm³/mol. The van der Waals surface area contributed by atoms with Gasteiger partial charge in [0, 0.05) is 18.5 Å². The van der Waals surface area contributed by atoms with Gasteiger partial charge in [-0.1, -0.05) is 17.3 Å². The molecule has 1 aromatic carbocycles. The van der Waals surface area contributed by atoms with E-state index in [1.54, 1.807) is 19.1 Å². The van der Waals surface area contributed by atoms with Crippen molar-refractivity contribution in [1.29, 1.82) is 0 Å². The van der Waals surface area contributed by atoms with Crippen molar-refractivity contribution in [2.75, 3.05) is 12.0 Å². The summed E-state index contributed by atoms with van der Waals surface area (Å²) in [4.78, 5) is 23.1. The molecule has 3 rings (SSSR count). The number of aromatic hydroxyl groups is 1. The minimum absolute atomic E-state index is 0.0440. The fourth-order valence-corrected chi connectivity index (χ4v) is 3.33. The average Bonchev–Trinajstić information content (AvgIpc) is 3.18. The van der Waals surface area contributed by atoms with Crippen LogP contribution in [0.5, 0.6) is 5.75 Å². The Kier molecular flexibility index (Phi) is 6.68. The quantitative estimate of drug-likeness (QED) is 0.413. The Hall–Kier alpha value is -3.69. The number of carboxylic acid groups (broad SMARTS) is 1. The molecule has 0 saturated heterocycles. The van der Waals surface area contributed by atoms with Crippen LogP contribution in [0.2, 0.25) is 0 Å². The first-order valence-corrected chi connectivity index (χ1v) is 9.93. The van der Waals surface area contributed by atoms with Crippen LogP contribution in [0.3, 0.4) is 0 Å². The molecule has 0 saturated carbocycles.